The predicted octanol–water partition coefficient (Wildman–Crippen LogP) is 3.10. The molecule has 2 aromatic rings. The smallest absolute Gasteiger partial charge is 0.232 e. The number of benzene rings is 2. The third kappa shape index (κ3) is 4.58. The van der Waals surface area contributed by atoms with Crippen molar-refractivity contribution in [3.63, 3.8) is 0 Å². The van der Waals surface area contributed by atoms with Crippen molar-refractivity contribution in [2.75, 3.05) is 22.4 Å². The summed E-state index contributed by atoms with van der Waals surface area (Å²) in [5.74, 6) is -0.215. The summed E-state index contributed by atoms with van der Waals surface area (Å²) in [6.07, 6.45) is 1.22. The molecule has 0 saturated carbocycles. The van der Waals surface area contributed by atoms with Crippen LogP contribution < -0.4 is 9.62 Å². The molecule has 5 nitrogen and oxygen atoms in total. The molecule has 0 fully saturated rings. The van der Waals surface area contributed by atoms with Gasteiger partial charge in [-0.1, -0.05) is 30.3 Å². The summed E-state index contributed by atoms with van der Waals surface area (Å²) >= 11 is 0. The molecule has 0 aliphatic rings. The zero-order valence-electron chi connectivity index (χ0n) is 14.1. The third-order valence-corrected chi connectivity index (χ3v) is 5.06. The van der Waals surface area contributed by atoms with Gasteiger partial charge in [0, 0.05) is 18.7 Å². The summed E-state index contributed by atoms with van der Waals surface area (Å²) in [6.45, 7) is 4.02. The number of rotatable bonds is 6. The summed E-state index contributed by atoms with van der Waals surface area (Å²) in [6, 6.07) is 14.5. The molecule has 0 atom stereocenters. The quantitative estimate of drug-likeness (QED) is 0.874. The molecule has 2 aromatic carbocycles. The van der Waals surface area contributed by atoms with E-state index in [2.05, 4.69) is 5.32 Å². The van der Waals surface area contributed by atoms with E-state index in [0.717, 1.165) is 23.1 Å². The Morgan fingerprint density at radius 2 is 1.71 bits per heavy atom. The molecule has 24 heavy (non-hydrogen) atoms. The molecular formula is C18H22N2O3S. The molecule has 128 valence electrons. The van der Waals surface area contributed by atoms with Crippen LogP contribution in [0.4, 0.5) is 11.4 Å². The van der Waals surface area contributed by atoms with Gasteiger partial charge in [0.05, 0.1) is 11.9 Å². The average molecular weight is 346 g/mol. The fourth-order valence-corrected chi connectivity index (χ4v) is 3.31. The van der Waals surface area contributed by atoms with E-state index >= 15 is 0 Å². The van der Waals surface area contributed by atoms with Gasteiger partial charge in [-0.2, -0.15) is 0 Å². The van der Waals surface area contributed by atoms with Gasteiger partial charge < -0.3 is 5.32 Å². The van der Waals surface area contributed by atoms with E-state index in [1.807, 2.05) is 38.1 Å². The van der Waals surface area contributed by atoms with E-state index in [1.54, 1.807) is 24.3 Å². The van der Waals surface area contributed by atoms with Crippen LogP contribution in [0.2, 0.25) is 0 Å². The number of nitrogens with zero attached hydrogens (tertiary/aromatic N) is 1. The van der Waals surface area contributed by atoms with Gasteiger partial charge in [-0.15, -0.1) is 0 Å². The number of carbonyl (C=O) groups excluding carboxylic acids is 1. The molecule has 0 aliphatic carbocycles. The van der Waals surface area contributed by atoms with Crippen LogP contribution >= 0.6 is 0 Å². The normalized spacial score (nSPS) is 11.1. The Balaban J connectivity index is 2.07. The SMILES string of the molecule is Cc1cccc(NC(=O)CCN(c2ccccc2)S(C)(=O)=O)c1C. The highest BCUT2D eigenvalue weighted by Gasteiger charge is 2.18. The number of nitrogens with one attached hydrogen (secondary N) is 1. The molecule has 0 saturated heterocycles. The number of carbonyl (C=O) groups is 1. The van der Waals surface area contributed by atoms with E-state index in [0.29, 0.717) is 5.69 Å². The lowest BCUT2D eigenvalue weighted by atomic mass is 10.1. The Morgan fingerprint density at radius 1 is 1.04 bits per heavy atom. The summed E-state index contributed by atoms with van der Waals surface area (Å²) in [5, 5.41) is 2.85. The van der Waals surface area contributed by atoms with Crippen molar-refractivity contribution < 1.29 is 13.2 Å². The summed E-state index contributed by atoms with van der Waals surface area (Å²) in [4.78, 5) is 12.2. The molecule has 0 bridgehead atoms. The maximum atomic E-state index is 12.2. The molecule has 6 heteroatoms. The fourth-order valence-electron chi connectivity index (χ4n) is 2.38. The van der Waals surface area contributed by atoms with E-state index in [-0.39, 0.29) is 18.9 Å². The number of para-hydroxylation sites is 1. The van der Waals surface area contributed by atoms with Gasteiger partial charge in [-0.3, -0.25) is 9.10 Å². The molecule has 2 rings (SSSR count). The fraction of sp³-hybridized carbons (Fsp3) is 0.278. The predicted molar refractivity (Wildman–Crippen MR) is 97.8 cm³/mol. The van der Waals surface area contributed by atoms with Crippen LogP contribution in [-0.2, 0) is 14.8 Å². The van der Waals surface area contributed by atoms with Crippen molar-refractivity contribution in [3.05, 3.63) is 59.7 Å². The molecule has 0 spiro atoms. The topological polar surface area (TPSA) is 66.5 Å². The first-order valence-electron chi connectivity index (χ1n) is 7.68. The lowest BCUT2D eigenvalue weighted by Gasteiger charge is -2.22. The number of aryl methyl sites for hydroxylation is 1. The highest BCUT2D eigenvalue weighted by atomic mass is 32.2. The van der Waals surface area contributed by atoms with Crippen molar-refractivity contribution in [3.8, 4) is 0 Å². The van der Waals surface area contributed by atoms with Gasteiger partial charge in [0.15, 0.2) is 0 Å². The summed E-state index contributed by atoms with van der Waals surface area (Å²) < 4.78 is 25.2. The van der Waals surface area contributed by atoms with Crippen molar-refractivity contribution in [1.82, 2.24) is 0 Å². The highest BCUT2D eigenvalue weighted by Crippen LogP contribution is 2.19. The maximum Gasteiger partial charge on any atom is 0.232 e. The van der Waals surface area contributed by atoms with Gasteiger partial charge in [0.2, 0.25) is 15.9 Å². The summed E-state index contributed by atoms with van der Waals surface area (Å²) in [7, 11) is -3.45. The minimum Gasteiger partial charge on any atom is -0.326 e. The second-order valence-corrected chi connectivity index (χ2v) is 7.62. The Bertz CT molecular complexity index is 817. The number of amides is 1. The van der Waals surface area contributed by atoms with Crippen LogP contribution in [0, 0.1) is 13.8 Å². The van der Waals surface area contributed by atoms with Gasteiger partial charge in [0.1, 0.15) is 0 Å². The van der Waals surface area contributed by atoms with E-state index in [9.17, 15) is 13.2 Å². The van der Waals surface area contributed by atoms with E-state index in [4.69, 9.17) is 0 Å². The first kappa shape index (κ1) is 18.0. The Labute approximate surface area is 143 Å². The third-order valence-electron chi connectivity index (χ3n) is 3.87. The zero-order valence-corrected chi connectivity index (χ0v) is 14.9. The molecule has 0 aromatic heterocycles. The van der Waals surface area contributed by atoms with Gasteiger partial charge in [-0.25, -0.2) is 8.42 Å². The van der Waals surface area contributed by atoms with Crippen LogP contribution in [0.1, 0.15) is 17.5 Å². The van der Waals surface area contributed by atoms with Crippen LogP contribution in [0.25, 0.3) is 0 Å². The average Bonchev–Trinajstić information content (AvgIpc) is 2.52. The number of hydrogen-bond acceptors (Lipinski definition) is 3. The zero-order chi connectivity index (χ0) is 17.7. The molecule has 0 unspecified atom stereocenters. The number of sulfonamides is 1. The molecule has 0 heterocycles. The second-order valence-electron chi connectivity index (χ2n) is 5.72. The molecule has 0 radical (unpaired) electrons. The van der Waals surface area contributed by atoms with Crippen LogP contribution in [0.15, 0.2) is 48.5 Å². The van der Waals surface area contributed by atoms with Crippen LogP contribution in [0.5, 0.6) is 0 Å². The van der Waals surface area contributed by atoms with Gasteiger partial charge in [0.25, 0.3) is 0 Å². The van der Waals surface area contributed by atoms with E-state index < -0.39 is 10.0 Å². The Morgan fingerprint density at radius 3 is 2.33 bits per heavy atom. The molecule has 1 amide bonds. The maximum absolute atomic E-state index is 12.2. The van der Waals surface area contributed by atoms with E-state index in [1.165, 1.54) is 4.31 Å². The van der Waals surface area contributed by atoms with Crippen molar-refractivity contribution in [2.45, 2.75) is 20.3 Å². The standard InChI is InChI=1S/C18H22N2O3S/c1-14-8-7-11-17(15(14)2)19-18(21)12-13-20(24(3,22)23)16-9-5-4-6-10-16/h4-11H,12-13H2,1-3H3,(H,19,21). The molecule has 1 N–H and O–H groups in total. The van der Waals surface area contributed by atoms with Crippen molar-refractivity contribution in [2.24, 2.45) is 0 Å². The van der Waals surface area contributed by atoms with Gasteiger partial charge >= 0.3 is 0 Å². The first-order valence-corrected chi connectivity index (χ1v) is 9.52. The minimum atomic E-state index is -3.45. The Hall–Kier alpha value is -2.34. The second kappa shape index (κ2) is 7.49. The van der Waals surface area contributed by atoms with Crippen LogP contribution in [-0.4, -0.2) is 27.1 Å². The minimum absolute atomic E-state index is 0.0787. The summed E-state index contributed by atoms with van der Waals surface area (Å²) in [5.41, 5.74) is 3.41. The lowest BCUT2D eigenvalue weighted by molar-refractivity contribution is -0.116. The number of hydrogen-bond donors (Lipinski definition) is 1. The first-order chi connectivity index (χ1) is 11.3. The molecular weight excluding hydrogens is 324 g/mol. The Kier molecular flexibility index (Phi) is 5.62. The molecule has 0 aliphatic heterocycles. The monoisotopic (exact) mass is 346 g/mol. The van der Waals surface area contributed by atoms with Crippen molar-refractivity contribution in [1.29, 1.82) is 0 Å². The van der Waals surface area contributed by atoms with Crippen molar-refractivity contribution >= 4 is 27.3 Å². The largest absolute Gasteiger partial charge is 0.326 e. The highest BCUT2D eigenvalue weighted by molar-refractivity contribution is 7.92. The number of anilines is 2. The van der Waals surface area contributed by atoms with Gasteiger partial charge in [-0.05, 0) is 43.2 Å². The lowest BCUT2D eigenvalue weighted by Crippen LogP contribution is -2.33. The van der Waals surface area contributed by atoms with Crippen LogP contribution in [0.3, 0.4) is 0 Å².